The lowest BCUT2D eigenvalue weighted by Crippen LogP contribution is -2.29. The Morgan fingerprint density at radius 2 is 1.58 bits per heavy atom. The van der Waals surface area contributed by atoms with E-state index in [2.05, 4.69) is 0 Å². The van der Waals surface area contributed by atoms with E-state index in [0.717, 1.165) is 9.75 Å². The van der Waals surface area contributed by atoms with Crippen molar-refractivity contribution < 1.29 is 13.2 Å². The number of methoxy groups -OCH3 is 1. The number of nitrogens with zero attached hydrogens (tertiary/aromatic N) is 1. The summed E-state index contributed by atoms with van der Waals surface area (Å²) in [6, 6.07) is 14.4. The van der Waals surface area contributed by atoms with Gasteiger partial charge in [-0.15, -0.1) is 22.7 Å². The molecule has 0 amide bonds. The quantitative estimate of drug-likeness (QED) is 0.618. The Hall–Kier alpha value is -1.67. The van der Waals surface area contributed by atoms with Gasteiger partial charge in [-0.3, -0.25) is 0 Å². The second-order valence-corrected chi connectivity index (χ2v) is 9.11. The van der Waals surface area contributed by atoms with Crippen LogP contribution in [0.2, 0.25) is 0 Å². The first kappa shape index (κ1) is 17.2. The number of hydrogen-bond acceptors (Lipinski definition) is 5. The molecule has 0 unspecified atom stereocenters. The van der Waals surface area contributed by atoms with Gasteiger partial charge >= 0.3 is 0 Å². The zero-order valence-corrected chi connectivity index (χ0v) is 15.5. The van der Waals surface area contributed by atoms with Crippen molar-refractivity contribution in [2.24, 2.45) is 0 Å². The van der Waals surface area contributed by atoms with Gasteiger partial charge < -0.3 is 4.74 Å². The molecule has 1 aromatic carbocycles. The van der Waals surface area contributed by atoms with Crippen LogP contribution in [-0.4, -0.2) is 19.8 Å². The number of ether oxygens (including phenoxy) is 1. The van der Waals surface area contributed by atoms with E-state index in [1.54, 1.807) is 46.9 Å². The first-order valence-corrected chi connectivity index (χ1v) is 10.5. The Morgan fingerprint density at radius 1 is 0.958 bits per heavy atom. The van der Waals surface area contributed by atoms with Crippen molar-refractivity contribution in [3.63, 3.8) is 0 Å². The minimum atomic E-state index is -3.62. The van der Waals surface area contributed by atoms with E-state index in [1.807, 2.05) is 35.0 Å². The molecule has 0 aliphatic heterocycles. The number of benzene rings is 1. The Morgan fingerprint density at radius 3 is 2.08 bits per heavy atom. The van der Waals surface area contributed by atoms with E-state index in [1.165, 1.54) is 11.4 Å². The highest BCUT2D eigenvalue weighted by molar-refractivity contribution is 7.89. The van der Waals surface area contributed by atoms with Gasteiger partial charge in [0.1, 0.15) is 5.75 Å². The molecule has 0 aliphatic carbocycles. The van der Waals surface area contributed by atoms with Gasteiger partial charge in [0, 0.05) is 28.9 Å². The van der Waals surface area contributed by atoms with E-state index in [9.17, 15) is 8.42 Å². The average molecular weight is 380 g/mol. The second kappa shape index (κ2) is 7.48. The zero-order valence-electron chi connectivity index (χ0n) is 13.1. The lowest BCUT2D eigenvalue weighted by atomic mass is 10.3. The van der Waals surface area contributed by atoms with E-state index in [-0.39, 0.29) is 4.90 Å². The maximum atomic E-state index is 13.1. The van der Waals surface area contributed by atoms with Crippen molar-refractivity contribution in [1.29, 1.82) is 0 Å². The molecule has 4 nitrogen and oxygen atoms in total. The Labute approximate surface area is 150 Å². The van der Waals surface area contributed by atoms with Gasteiger partial charge in [0.2, 0.25) is 10.0 Å². The predicted molar refractivity (Wildman–Crippen MR) is 98.1 cm³/mol. The normalized spacial score (nSPS) is 11.8. The smallest absolute Gasteiger partial charge is 0.243 e. The van der Waals surface area contributed by atoms with Crippen LogP contribution in [0.4, 0.5) is 0 Å². The summed E-state index contributed by atoms with van der Waals surface area (Å²) >= 11 is 3.11. The lowest BCUT2D eigenvalue weighted by molar-refractivity contribution is 0.402. The number of rotatable bonds is 7. The molecule has 0 spiro atoms. The average Bonchev–Trinajstić information content (AvgIpc) is 3.28. The summed E-state index contributed by atoms with van der Waals surface area (Å²) in [6.45, 7) is 0.713. The molecule has 2 aromatic heterocycles. The fourth-order valence-electron chi connectivity index (χ4n) is 2.29. The molecule has 0 atom stereocenters. The summed E-state index contributed by atoms with van der Waals surface area (Å²) in [5.41, 5.74) is 0. The fourth-order valence-corrected chi connectivity index (χ4v) is 5.32. The van der Waals surface area contributed by atoms with Crippen LogP contribution in [0.25, 0.3) is 0 Å². The highest BCUT2D eigenvalue weighted by Gasteiger charge is 2.26. The predicted octanol–water partition coefficient (Wildman–Crippen LogP) is 4.21. The third-order valence-electron chi connectivity index (χ3n) is 3.50. The van der Waals surface area contributed by atoms with E-state index < -0.39 is 10.0 Å². The molecule has 0 radical (unpaired) electrons. The van der Waals surface area contributed by atoms with Crippen LogP contribution in [0.3, 0.4) is 0 Å². The highest BCUT2D eigenvalue weighted by atomic mass is 32.2. The molecule has 0 fully saturated rings. The second-order valence-electron chi connectivity index (χ2n) is 5.11. The minimum Gasteiger partial charge on any atom is -0.497 e. The molecule has 2 heterocycles. The summed E-state index contributed by atoms with van der Waals surface area (Å²) in [4.78, 5) is 2.27. The van der Waals surface area contributed by atoms with Gasteiger partial charge in [-0.05, 0) is 35.0 Å². The molecule has 7 heteroatoms. The van der Waals surface area contributed by atoms with Crippen LogP contribution in [-0.2, 0) is 23.1 Å². The van der Waals surface area contributed by atoms with Crippen molar-refractivity contribution in [3.8, 4) is 5.75 Å². The molecule has 0 bridgehead atoms. The summed E-state index contributed by atoms with van der Waals surface area (Å²) in [5, 5.41) is 3.91. The Kier molecular flexibility index (Phi) is 5.35. The zero-order chi connectivity index (χ0) is 17.0. The van der Waals surface area contributed by atoms with Gasteiger partial charge in [-0.2, -0.15) is 4.31 Å². The molecule has 0 saturated carbocycles. The van der Waals surface area contributed by atoms with Crippen molar-refractivity contribution in [3.05, 3.63) is 69.0 Å². The highest BCUT2D eigenvalue weighted by Crippen LogP contribution is 2.26. The molecule has 3 rings (SSSR count). The van der Waals surface area contributed by atoms with Crippen LogP contribution in [0.5, 0.6) is 5.75 Å². The molecule has 3 aromatic rings. The lowest BCUT2D eigenvalue weighted by Gasteiger charge is -2.21. The molecule has 126 valence electrons. The molecular weight excluding hydrogens is 362 g/mol. The van der Waals surface area contributed by atoms with Crippen molar-refractivity contribution in [2.45, 2.75) is 18.0 Å². The molecule has 0 N–H and O–H groups in total. The van der Waals surface area contributed by atoms with Crippen LogP contribution < -0.4 is 4.74 Å². The van der Waals surface area contributed by atoms with Crippen LogP contribution in [0, 0.1) is 0 Å². The molecule has 24 heavy (non-hydrogen) atoms. The molecule has 0 aliphatic rings. The minimum absolute atomic E-state index is 0.245. The Bertz CT molecular complexity index is 835. The maximum Gasteiger partial charge on any atom is 0.243 e. The summed E-state index contributed by atoms with van der Waals surface area (Å²) in [6.07, 6.45) is 0. The number of thiophene rings is 2. The van der Waals surface area contributed by atoms with Gasteiger partial charge in [0.05, 0.1) is 12.0 Å². The summed E-state index contributed by atoms with van der Waals surface area (Å²) in [5.74, 6) is 0.531. The van der Waals surface area contributed by atoms with Crippen molar-refractivity contribution in [2.75, 3.05) is 7.11 Å². The standard InChI is InChI=1S/C17H17NO3S3/c1-21-14-5-2-8-17(11-14)24(19,20)18(12-15-6-3-9-22-15)13-16-7-4-10-23-16/h2-11H,12-13H2,1H3. The fraction of sp³-hybridized carbons (Fsp3) is 0.176. The maximum absolute atomic E-state index is 13.1. The van der Waals surface area contributed by atoms with Crippen molar-refractivity contribution >= 4 is 32.7 Å². The molecular formula is C17H17NO3S3. The van der Waals surface area contributed by atoms with E-state index in [0.29, 0.717) is 18.8 Å². The van der Waals surface area contributed by atoms with Gasteiger partial charge in [0.25, 0.3) is 0 Å². The monoisotopic (exact) mass is 379 g/mol. The van der Waals surface area contributed by atoms with Gasteiger partial charge in [0.15, 0.2) is 0 Å². The van der Waals surface area contributed by atoms with Gasteiger partial charge in [-0.1, -0.05) is 18.2 Å². The van der Waals surface area contributed by atoms with E-state index in [4.69, 9.17) is 4.74 Å². The summed E-state index contributed by atoms with van der Waals surface area (Å²) < 4.78 is 32.9. The first-order valence-electron chi connectivity index (χ1n) is 7.28. The number of sulfonamides is 1. The third-order valence-corrected chi connectivity index (χ3v) is 7.01. The Balaban J connectivity index is 1.95. The third kappa shape index (κ3) is 3.87. The van der Waals surface area contributed by atoms with Crippen LogP contribution >= 0.6 is 22.7 Å². The molecule has 0 saturated heterocycles. The van der Waals surface area contributed by atoms with Gasteiger partial charge in [-0.25, -0.2) is 8.42 Å². The largest absolute Gasteiger partial charge is 0.497 e. The SMILES string of the molecule is COc1cccc(S(=O)(=O)N(Cc2cccs2)Cc2cccs2)c1. The first-order chi connectivity index (χ1) is 11.6. The van der Waals surface area contributed by atoms with Crippen LogP contribution in [0.1, 0.15) is 9.75 Å². The summed E-state index contributed by atoms with van der Waals surface area (Å²) in [7, 11) is -2.09. The number of hydrogen-bond donors (Lipinski definition) is 0. The van der Waals surface area contributed by atoms with Crippen LogP contribution in [0.15, 0.2) is 64.2 Å². The van der Waals surface area contributed by atoms with E-state index >= 15 is 0 Å². The van der Waals surface area contributed by atoms with Crippen molar-refractivity contribution in [1.82, 2.24) is 4.31 Å². The topological polar surface area (TPSA) is 46.6 Å².